The van der Waals surface area contributed by atoms with Crippen molar-refractivity contribution in [1.29, 1.82) is 0 Å². The van der Waals surface area contributed by atoms with Gasteiger partial charge in [0, 0.05) is 43.2 Å². The molecule has 2 aromatic carbocycles. The van der Waals surface area contributed by atoms with Gasteiger partial charge in [-0.3, -0.25) is 9.59 Å². The number of nitrogens with one attached hydrogen (secondary N) is 1. The molecular weight excluding hydrogens is 344 g/mol. The molecule has 1 N–H and O–H groups in total. The zero-order valence-electron chi connectivity index (χ0n) is 15.7. The van der Waals surface area contributed by atoms with Gasteiger partial charge in [-0.1, -0.05) is 12.1 Å². The zero-order chi connectivity index (χ0) is 19.2. The van der Waals surface area contributed by atoms with E-state index in [0.29, 0.717) is 36.6 Å². The lowest BCUT2D eigenvalue weighted by atomic mass is 10.1. The maximum absolute atomic E-state index is 12.5. The van der Waals surface area contributed by atoms with E-state index in [1.807, 2.05) is 35.2 Å². The first kappa shape index (κ1) is 18.8. The highest BCUT2D eigenvalue weighted by Gasteiger charge is 2.20. The molecule has 1 aliphatic heterocycles. The van der Waals surface area contributed by atoms with Gasteiger partial charge in [-0.25, -0.2) is 0 Å². The Morgan fingerprint density at radius 2 is 2.00 bits per heavy atom. The molecule has 2 aromatic rings. The molecule has 27 heavy (non-hydrogen) atoms. The Kier molecular flexibility index (Phi) is 5.96. The van der Waals surface area contributed by atoms with Gasteiger partial charge in [0.25, 0.3) is 5.91 Å². The monoisotopic (exact) mass is 368 g/mol. The molecule has 0 unspecified atom stereocenters. The number of carbonyl (C=O) groups excluding carboxylic acids is 2. The number of rotatable bonds is 7. The number of likely N-dealkylation sites (tertiary alicyclic amines) is 1. The summed E-state index contributed by atoms with van der Waals surface area (Å²) < 4.78 is 10.5. The van der Waals surface area contributed by atoms with Gasteiger partial charge in [0.15, 0.2) is 0 Å². The van der Waals surface area contributed by atoms with Gasteiger partial charge in [0.05, 0.1) is 14.2 Å². The molecule has 6 nitrogen and oxygen atoms in total. The molecule has 2 amide bonds. The molecule has 0 spiro atoms. The second-order valence-electron chi connectivity index (χ2n) is 6.48. The maximum atomic E-state index is 12.5. The minimum absolute atomic E-state index is 0.164. The fourth-order valence-electron chi connectivity index (χ4n) is 3.18. The Morgan fingerprint density at radius 3 is 2.70 bits per heavy atom. The van der Waals surface area contributed by atoms with Gasteiger partial charge < -0.3 is 19.7 Å². The van der Waals surface area contributed by atoms with Crippen LogP contribution in [0.4, 0.5) is 0 Å². The third-order valence-electron chi connectivity index (χ3n) is 4.67. The van der Waals surface area contributed by atoms with Crippen LogP contribution >= 0.6 is 0 Å². The Hall–Kier alpha value is -3.02. The van der Waals surface area contributed by atoms with Crippen LogP contribution in [0, 0.1) is 0 Å². The molecule has 0 radical (unpaired) electrons. The van der Waals surface area contributed by atoms with Crippen LogP contribution in [0.5, 0.6) is 11.5 Å². The molecular formula is C21H24N2O4. The molecule has 1 fully saturated rings. The van der Waals surface area contributed by atoms with Crippen molar-refractivity contribution >= 4 is 11.8 Å². The van der Waals surface area contributed by atoms with Crippen molar-refractivity contribution in [2.75, 3.05) is 20.8 Å². The van der Waals surface area contributed by atoms with Crippen LogP contribution in [-0.2, 0) is 17.9 Å². The van der Waals surface area contributed by atoms with E-state index in [2.05, 4.69) is 5.32 Å². The van der Waals surface area contributed by atoms with Crippen molar-refractivity contribution in [1.82, 2.24) is 10.2 Å². The van der Waals surface area contributed by atoms with Crippen molar-refractivity contribution < 1.29 is 19.1 Å². The summed E-state index contributed by atoms with van der Waals surface area (Å²) in [4.78, 5) is 26.2. The predicted molar refractivity (Wildman–Crippen MR) is 102 cm³/mol. The average Bonchev–Trinajstić information content (AvgIpc) is 3.10. The second kappa shape index (κ2) is 8.58. The Morgan fingerprint density at radius 1 is 1.15 bits per heavy atom. The number of carbonyl (C=O) groups is 2. The topological polar surface area (TPSA) is 67.9 Å². The van der Waals surface area contributed by atoms with Crippen molar-refractivity contribution in [2.24, 2.45) is 0 Å². The summed E-state index contributed by atoms with van der Waals surface area (Å²) in [6.45, 7) is 1.68. The van der Waals surface area contributed by atoms with E-state index in [4.69, 9.17) is 9.47 Å². The van der Waals surface area contributed by atoms with Gasteiger partial charge in [-0.15, -0.1) is 0 Å². The lowest BCUT2D eigenvalue weighted by molar-refractivity contribution is -0.128. The van der Waals surface area contributed by atoms with Gasteiger partial charge in [-0.05, 0) is 36.2 Å². The van der Waals surface area contributed by atoms with Gasteiger partial charge >= 0.3 is 0 Å². The van der Waals surface area contributed by atoms with E-state index in [1.165, 1.54) is 0 Å². The van der Waals surface area contributed by atoms with E-state index < -0.39 is 0 Å². The molecule has 3 rings (SSSR count). The highest BCUT2D eigenvalue weighted by Crippen LogP contribution is 2.24. The third-order valence-corrected chi connectivity index (χ3v) is 4.67. The molecule has 0 aromatic heterocycles. The summed E-state index contributed by atoms with van der Waals surface area (Å²) >= 11 is 0. The lowest BCUT2D eigenvalue weighted by Crippen LogP contribution is -2.25. The van der Waals surface area contributed by atoms with E-state index in [-0.39, 0.29) is 11.8 Å². The zero-order valence-corrected chi connectivity index (χ0v) is 15.7. The van der Waals surface area contributed by atoms with Crippen molar-refractivity contribution in [3.8, 4) is 11.5 Å². The number of nitrogens with zero attached hydrogens (tertiary/aromatic N) is 1. The van der Waals surface area contributed by atoms with Crippen LogP contribution in [-0.4, -0.2) is 37.5 Å². The summed E-state index contributed by atoms with van der Waals surface area (Å²) in [7, 11) is 3.18. The largest absolute Gasteiger partial charge is 0.497 e. The maximum Gasteiger partial charge on any atom is 0.251 e. The molecule has 0 atom stereocenters. The summed E-state index contributed by atoms with van der Waals surface area (Å²) in [5.74, 6) is 1.38. The standard InChI is InChI=1S/C21H24N2O4/c1-26-18-9-8-17(19(12-18)27-2)13-22-21(25)16-6-3-5-15(11-16)14-23-10-4-7-20(23)24/h3,5-6,8-9,11-12H,4,7,10,13-14H2,1-2H3,(H,22,25). The fraction of sp³-hybridized carbons (Fsp3) is 0.333. The highest BCUT2D eigenvalue weighted by atomic mass is 16.5. The predicted octanol–water partition coefficient (Wildman–Crippen LogP) is 2.76. The first-order valence-electron chi connectivity index (χ1n) is 8.96. The van der Waals surface area contributed by atoms with E-state index in [1.54, 1.807) is 26.4 Å². The Bertz CT molecular complexity index is 835. The fourth-order valence-corrected chi connectivity index (χ4v) is 3.18. The Balaban J connectivity index is 1.64. The molecule has 1 saturated heterocycles. The molecule has 0 saturated carbocycles. The molecule has 1 aliphatic rings. The number of amides is 2. The molecule has 6 heteroatoms. The highest BCUT2D eigenvalue weighted by molar-refractivity contribution is 5.94. The third kappa shape index (κ3) is 4.58. The van der Waals surface area contributed by atoms with E-state index >= 15 is 0 Å². The molecule has 142 valence electrons. The van der Waals surface area contributed by atoms with E-state index in [9.17, 15) is 9.59 Å². The number of methoxy groups -OCH3 is 2. The number of ether oxygens (including phenoxy) is 2. The SMILES string of the molecule is COc1ccc(CNC(=O)c2cccc(CN3CCCC3=O)c2)c(OC)c1. The lowest BCUT2D eigenvalue weighted by Gasteiger charge is -2.16. The number of hydrogen-bond donors (Lipinski definition) is 1. The Labute approximate surface area is 159 Å². The summed E-state index contributed by atoms with van der Waals surface area (Å²) in [6.07, 6.45) is 1.52. The smallest absolute Gasteiger partial charge is 0.251 e. The minimum Gasteiger partial charge on any atom is -0.497 e. The summed E-state index contributed by atoms with van der Waals surface area (Å²) in [6, 6.07) is 12.9. The number of benzene rings is 2. The second-order valence-corrected chi connectivity index (χ2v) is 6.48. The first-order valence-corrected chi connectivity index (χ1v) is 8.96. The van der Waals surface area contributed by atoms with Crippen molar-refractivity contribution in [3.63, 3.8) is 0 Å². The van der Waals surface area contributed by atoms with Gasteiger partial charge in [0.2, 0.25) is 5.91 Å². The molecule has 0 bridgehead atoms. The summed E-state index contributed by atoms with van der Waals surface area (Å²) in [5.41, 5.74) is 2.40. The van der Waals surface area contributed by atoms with Crippen LogP contribution < -0.4 is 14.8 Å². The minimum atomic E-state index is -0.164. The summed E-state index contributed by atoms with van der Waals surface area (Å²) in [5, 5.41) is 2.92. The van der Waals surface area contributed by atoms with Crippen LogP contribution in [0.2, 0.25) is 0 Å². The average molecular weight is 368 g/mol. The molecule has 0 aliphatic carbocycles. The van der Waals surface area contributed by atoms with Gasteiger partial charge in [0.1, 0.15) is 11.5 Å². The van der Waals surface area contributed by atoms with Crippen LogP contribution in [0.25, 0.3) is 0 Å². The normalized spacial score (nSPS) is 13.6. The molecule has 1 heterocycles. The quantitative estimate of drug-likeness (QED) is 0.816. The van der Waals surface area contributed by atoms with Gasteiger partial charge in [-0.2, -0.15) is 0 Å². The van der Waals surface area contributed by atoms with E-state index in [0.717, 1.165) is 24.1 Å². The first-order chi connectivity index (χ1) is 13.1. The number of hydrogen-bond acceptors (Lipinski definition) is 4. The van der Waals surface area contributed by atoms with Crippen molar-refractivity contribution in [2.45, 2.75) is 25.9 Å². The van der Waals surface area contributed by atoms with Crippen molar-refractivity contribution in [3.05, 3.63) is 59.2 Å². The van der Waals surface area contributed by atoms with Crippen LogP contribution in [0.15, 0.2) is 42.5 Å². The van der Waals surface area contributed by atoms with Crippen LogP contribution in [0.1, 0.15) is 34.3 Å². The van der Waals surface area contributed by atoms with Crippen LogP contribution in [0.3, 0.4) is 0 Å².